The predicted octanol–water partition coefficient (Wildman–Crippen LogP) is 1.27. The fourth-order valence-electron chi connectivity index (χ4n) is 1.90. The van der Waals surface area contributed by atoms with Crippen molar-refractivity contribution < 1.29 is 9.90 Å². The van der Waals surface area contributed by atoms with Gasteiger partial charge in [-0.15, -0.1) is 0 Å². The van der Waals surface area contributed by atoms with Crippen LogP contribution in [0.15, 0.2) is 24.3 Å². The predicted molar refractivity (Wildman–Crippen MR) is 66.2 cm³/mol. The third kappa shape index (κ3) is 3.35. The topological polar surface area (TPSA) is 73.4 Å². The monoisotopic (exact) mass is 235 g/mol. The van der Waals surface area contributed by atoms with Crippen molar-refractivity contribution in [3.05, 3.63) is 24.3 Å². The number of rotatable bonds is 2. The van der Waals surface area contributed by atoms with Gasteiger partial charge < -0.3 is 21.1 Å². The van der Waals surface area contributed by atoms with Gasteiger partial charge in [-0.2, -0.15) is 0 Å². The van der Waals surface area contributed by atoms with Crippen molar-refractivity contribution in [3.63, 3.8) is 0 Å². The largest absolute Gasteiger partial charge is 0.506 e. The molecule has 5 nitrogen and oxygen atoms in total. The fourth-order valence-corrected chi connectivity index (χ4v) is 1.90. The Labute approximate surface area is 100 Å². The van der Waals surface area contributed by atoms with Crippen LogP contribution in [0.25, 0.3) is 0 Å². The second kappa shape index (κ2) is 5.54. The Hall–Kier alpha value is -1.75. The zero-order valence-electron chi connectivity index (χ0n) is 9.57. The second-order valence-electron chi connectivity index (χ2n) is 4.16. The number of urea groups is 1. The number of phenolic OH excluding ortho intramolecular Hbond substituents is 1. The van der Waals surface area contributed by atoms with Crippen LogP contribution >= 0.6 is 0 Å². The minimum atomic E-state index is -0.278. The molecule has 0 aromatic heterocycles. The van der Waals surface area contributed by atoms with Gasteiger partial charge in [-0.25, -0.2) is 4.79 Å². The van der Waals surface area contributed by atoms with Crippen LogP contribution in [0, 0.1) is 0 Å². The summed E-state index contributed by atoms with van der Waals surface area (Å²) in [7, 11) is 0. The number of anilines is 1. The Kier molecular flexibility index (Phi) is 3.82. The quantitative estimate of drug-likeness (QED) is 0.583. The van der Waals surface area contributed by atoms with Crippen molar-refractivity contribution in [2.24, 2.45) is 0 Å². The van der Waals surface area contributed by atoms with Gasteiger partial charge in [-0.05, 0) is 31.5 Å². The highest BCUT2D eigenvalue weighted by Gasteiger charge is 2.15. The number of carbonyl (C=O) groups excluding carboxylic acids is 1. The van der Waals surface area contributed by atoms with Crippen molar-refractivity contribution >= 4 is 11.7 Å². The highest BCUT2D eigenvalue weighted by molar-refractivity contribution is 5.90. The molecule has 1 heterocycles. The molecular formula is C12H17N3O2. The summed E-state index contributed by atoms with van der Waals surface area (Å²) < 4.78 is 0. The van der Waals surface area contributed by atoms with Gasteiger partial charge in [0.2, 0.25) is 0 Å². The molecule has 1 aromatic rings. The number of hydrogen-bond donors (Lipinski definition) is 4. The summed E-state index contributed by atoms with van der Waals surface area (Å²) in [5.41, 5.74) is 0.425. The van der Waals surface area contributed by atoms with E-state index in [1.54, 1.807) is 18.2 Å². The molecular weight excluding hydrogens is 218 g/mol. The van der Waals surface area contributed by atoms with E-state index in [4.69, 9.17) is 0 Å². The highest BCUT2D eigenvalue weighted by Crippen LogP contribution is 2.21. The lowest BCUT2D eigenvalue weighted by Gasteiger charge is -2.23. The lowest BCUT2D eigenvalue weighted by atomic mass is 10.1. The van der Waals surface area contributed by atoms with E-state index in [0.717, 1.165) is 25.9 Å². The van der Waals surface area contributed by atoms with Gasteiger partial charge >= 0.3 is 6.03 Å². The van der Waals surface area contributed by atoms with E-state index >= 15 is 0 Å². The van der Waals surface area contributed by atoms with Crippen molar-refractivity contribution in [2.45, 2.75) is 18.9 Å². The van der Waals surface area contributed by atoms with Crippen LogP contribution in [0.5, 0.6) is 5.75 Å². The molecule has 0 bridgehead atoms. The fraction of sp³-hybridized carbons (Fsp3) is 0.417. The average molecular weight is 235 g/mol. The smallest absolute Gasteiger partial charge is 0.319 e. The van der Waals surface area contributed by atoms with Crippen LogP contribution in [-0.2, 0) is 0 Å². The van der Waals surface area contributed by atoms with Crippen molar-refractivity contribution in [2.75, 3.05) is 18.4 Å². The SMILES string of the molecule is O=C(Nc1ccccc1O)NC1CCCNC1. The van der Waals surface area contributed by atoms with Gasteiger partial charge in [0.05, 0.1) is 5.69 Å². The minimum Gasteiger partial charge on any atom is -0.506 e. The van der Waals surface area contributed by atoms with Crippen LogP contribution in [0.3, 0.4) is 0 Å². The number of hydrogen-bond acceptors (Lipinski definition) is 3. The number of piperidine rings is 1. The van der Waals surface area contributed by atoms with E-state index in [2.05, 4.69) is 16.0 Å². The Morgan fingerprint density at radius 1 is 1.41 bits per heavy atom. The number of carbonyl (C=O) groups is 1. The Bertz CT molecular complexity index is 389. The van der Waals surface area contributed by atoms with Crippen LogP contribution in [-0.4, -0.2) is 30.3 Å². The molecule has 1 unspecified atom stereocenters. The Balaban J connectivity index is 1.86. The molecule has 1 atom stereocenters. The van der Waals surface area contributed by atoms with Gasteiger partial charge in [0.1, 0.15) is 5.75 Å². The molecule has 17 heavy (non-hydrogen) atoms. The van der Waals surface area contributed by atoms with Crippen molar-refractivity contribution in [1.82, 2.24) is 10.6 Å². The maximum Gasteiger partial charge on any atom is 0.319 e. The average Bonchev–Trinajstić information content (AvgIpc) is 2.33. The molecule has 1 aliphatic heterocycles. The van der Waals surface area contributed by atoms with E-state index in [1.165, 1.54) is 6.07 Å². The van der Waals surface area contributed by atoms with Crippen LogP contribution in [0.2, 0.25) is 0 Å². The van der Waals surface area contributed by atoms with Crippen molar-refractivity contribution in [3.8, 4) is 5.75 Å². The first-order chi connectivity index (χ1) is 8.25. The first-order valence-corrected chi connectivity index (χ1v) is 5.82. The zero-order chi connectivity index (χ0) is 12.1. The van der Waals surface area contributed by atoms with E-state index in [9.17, 15) is 9.90 Å². The molecule has 2 rings (SSSR count). The molecule has 0 aliphatic carbocycles. The van der Waals surface area contributed by atoms with Crippen LogP contribution < -0.4 is 16.0 Å². The van der Waals surface area contributed by atoms with Gasteiger partial charge in [0, 0.05) is 12.6 Å². The molecule has 92 valence electrons. The van der Waals surface area contributed by atoms with E-state index in [1.807, 2.05) is 0 Å². The van der Waals surface area contributed by atoms with E-state index in [0.29, 0.717) is 5.69 Å². The molecule has 1 aliphatic rings. The maximum atomic E-state index is 11.7. The maximum absolute atomic E-state index is 11.7. The number of benzene rings is 1. The number of aromatic hydroxyl groups is 1. The molecule has 1 saturated heterocycles. The third-order valence-corrected chi connectivity index (χ3v) is 2.78. The summed E-state index contributed by atoms with van der Waals surface area (Å²) in [5.74, 6) is 0.0735. The Morgan fingerprint density at radius 2 is 2.24 bits per heavy atom. The molecule has 0 spiro atoms. The molecule has 1 fully saturated rings. The molecule has 1 aromatic carbocycles. The lowest BCUT2D eigenvalue weighted by Crippen LogP contribution is -2.47. The zero-order valence-corrected chi connectivity index (χ0v) is 9.57. The number of nitrogens with one attached hydrogen (secondary N) is 3. The lowest BCUT2D eigenvalue weighted by molar-refractivity contribution is 0.245. The first kappa shape index (κ1) is 11.7. The molecule has 2 amide bonds. The van der Waals surface area contributed by atoms with Crippen LogP contribution in [0.4, 0.5) is 10.5 Å². The van der Waals surface area contributed by atoms with Crippen molar-refractivity contribution in [1.29, 1.82) is 0 Å². The summed E-state index contributed by atoms with van der Waals surface area (Å²) in [6.07, 6.45) is 2.06. The summed E-state index contributed by atoms with van der Waals surface area (Å²) in [5, 5.41) is 18.2. The minimum absolute atomic E-state index is 0.0735. The highest BCUT2D eigenvalue weighted by atomic mass is 16.3. The van der Waals surface area contributed by atoms with Gasteiger partial charge in [-0.3, -0.25) is 0 Å². The van der Waals surface area contributed by atoms with Gasteiger partial charge in [0.15, 0.2) is 0 Å². The first-order valence-electron chi connectivity index (χ1n) is 5.82. The van der Waals surface area contributed by atoms with E-state index < -0.39 is 0 Å². The summed E-state index contributed by atoms with van der Waals surface area (Å²) >= 11 is 0. The second-order valence-corrected chi connectivity index (χ2v) is 4.16. The standard InChI is InChI=1S/C12H17N3O2/c16-11-6-2-1-5-10(11)15-12(17)14-9-4-3-7-13-8-9/h1-2,5-6,9,13,16H,3-4,7-8H2,(H2,14,15,17). The molecule has 5 heteroatoms. The molecule has 0 radical (unpaired) electrons. The molecule has 0 saturated carbocycles. The normalized spacial score (nSPS) is 19.6. The number of para-hydroxylation sites is 2. The van der Waals surface area contributed by atoms with Gasteiger partial charge in [-0.1, -0.05) is 12.1 Å². The molecule has 4 N–H and O–H groups in total. The van der Waals surface area contributed by atoms with E-state index in [-0.39, 0.29) is 17.8 Å². The van der Waals surface area contributed by atoms with Gasteiger partial charge in [0.25, 0.3) is 0 Å². The Morgan fingerprint density at radius 3 is 2.94 bits per heavy atom. The number of phenols is 1. The van der Waals surface area contributed by atoms with Crippen LogP contribution in [0.1, 0.15) is 12.8 Å². The number of amides is 2. The summed E-state index contributed by atoms with van der Waals surface area (Å²) in [4.78, 5) is 11.7. The summed E-state index contributed by atoms with van der Waals surface area (Å²) in [6, 6.07) is 6.56. The summed E-state index contributed by atoms with van der Waals surface area (Å²) in [6.45, 7) is 1.81. The third-order valence-electron chi connectivity index (χ3n) is 2.78.